The van der Waals surface area contributed by atoms with Crippen LogP contribution < -0.4 is 10.1 Å². The predicted molar refractivity (Wildman–Crippen MR) is 98.4 cm³/mol. The van der Waals surface area contributed by atoms with Crippen molar-refractivity contribution in [3.8, 4) is 5.75 Å². The number of fused-ring (bicyclic) bond motifs is 1. The number of nitrogens with one attached hydrogen (secondary N) is 1. The molecule has 1 N–H and O–H groups in total. The standard InChI is InChI=1S/C19H29N3O/c1-4-5-6-7-14-23-16-8-9-17-18(21-12-13-22(2)3)10-11-20-19(17)15-16/h8-11,15H,4-7,12-14H2,1-3H3,(H,20,21). The Morgan fingerprint density at radius 1 is 1.13 bits per heavy atom. The molecule has 1 heterocycles. The number of rotatable bonds is 10. The second-order valence-corrected chi connectivity index (χ2v) is 6.18. The van der Waals surface area contributed by atoms with Crippen molar-refractivity contribution in [3.05, 3.63) is 30.5 Å². The lowest BCUT2D eigenvalue weighted by molar-refractivity contribution is 0.305. The molecule has 0 fully saturated rings. The van der Waals surface area contributed by atoms with Crippen LogP contribution in [0.25, 0.3) is 10.9 Å². The van der Waals surface area contributed by atoms with Gasteiger partial charge in [-0.15, -0.1) is 0 Å². The van der Waals surface area contributed by atoms with E-state index in [1.807, 2.05) is 24.4 Å². The molecular formula is C19H29N3O. The number of benzene rings is 1. The number of ether oxygens (including phenoxy) is 1. The molecule has 0 atom stereocenters. The Hall–Kier alpha value is -1.81. The van der Waals surface area contributed by atoms with Gasteiger partial charge in [0, 0.05) is 36.4 Å². The zero-order chi connectivity index (χ0) is 16.5. The maximum absolute atomic E-state index is 5.85. The molecule has 0 unspecified atom stereocenters. The fraction of sp³-hybridized carbons (Fsp3) is 0.526. The summed E-state index contributed by atoms with van der Waals surface area (Å²) in [5.41, 5.74) is 2.11. The molecule has 0 radical (unpaired) electrons. The van der Waals surface area contributed by atoms with Crippen LogP contribution in [0.15, 0.2) is 30.5 Å². The highest BCUT2D eigenvalue weighted by molar-refractivity contribution is 5.91. The number of hydrogen-bond acceptors (Lipinski definition) is 4. The number of hydrogen-bond donors (Lipinski definition) is 1. The van der Waals surface area contributed by atoms with Gasteiger partial charge in [0.25, 0.3) is 0 Å². The number of unbranched alkanes of at least 4 members (excludes halogenated alkanes) is 3. The van der Waals surface area contributed by atoms with Gasteiger partial charge in [-0.05, 0) is 38.7 Å². The predicted octanol–water partition coefficient (Wildman–Crippen LogP) is 4.17. The number of nitrogens with zero attached hydrogens (tertiary/aromatic N) is 2. The van der Waals surface area contributed by atoms with Crippen LogP contribution in [0, 0.1) is 0 Å². The number of pyridine rings is 1. The van der Waals surface area contributed by atoms with Crippen LogP contribution >= 0.6 is 0 Å². The number of anilines is 1. The molecule has 0 aliphatic rings. The van der Waals surface area contributed by atoms with Crippen molar-refractivity contribution in [2.75, 3.05) is 39.1 Å². The van der Waals surface area contributed by atoms with Crippen LogP contribution in [-0.4, -0.2) is 43.7 Å². The molecule has 0 aliphatic heterocycles. The van der Waals surface area contributed by atoms with Crippen LogP contribution in [0.3, 0.4) is 0 Å². The van der Waals surface area contributed by atoms with Crippen molar-refractivity contribution in [2.24, 2.45) is 0 Å². The van der Waals surface area contributed by atoms with E-state index in [1.165, 1.54) is 19.3 Å². The second-order valence-electron chi connectivity index (χ2n) is 6.18. The molecule has 2 rings (SSSR count). The monoisotopic (exact) mass is 315 g/mol. The number of aromatic nitrogens is 1. The molecule has 1 aromatic heterocycles. The van der Waals surface area contributed by atoms with Crippen LogP contribution in [0.4, 0.5) is 5.69 Å². The first-order valence-corrected chi connectivity index (χ1v) is 8.61. The van der Waals surface area contributed by atoms with E-state index in [9.17, 15) is 0 Å². The van der Waals surface area contributed by atoms with Crippen molar-refractivity contribution in [2.45, 2.75) is 32.6 Å². The van der Waals surface area contributed by atoms with E-state index in [0.717, 1.165) is 48.5 Å². The molecular weight excluding hydrogens is 286 g/mol. The fourth-order valence-electron chi connectivity index (χ4n) is 2.50. The molecule has 0 bridgehead atoms. The SMILES string of the molecule is CCCCCCOc1ccc2c(NCCN(C)C)ccnc2c1. The Balaban J connectivity index is 1.97. The van der Waals surface area contributed by atoms with E-state index in [4.69, 9.17) is 4.74 Å². The Kier molecular flexibility index (Phi) is 7.14. The van der Waals surface area contributed by atoms with Gasteiger partial charge in [0.05, 0.1) is 12.1 Å². The minimum atomic E-state index is 0.784. The second kappa shape index (κ2) is 9.36. The van der Waals surface area contributed by atoms with Crippen molar-refractivity contribution in [3.63, 3.8) is 0 Å². The van der Waals surface area contributed by atoms with E-state index in [1.54, 1.807) is 0 Å². The first kappa shape index (κ1) is 17.5. The third-order valence-corrected chi connectivity index (χ3v) is 3.86. The summed E-state index contributed by atoms with van der Waals surface area (Å²) < 4.78 is 5.85. The summed E-state index contributed by atoms with van der Waals surface area (Å²) in [6.45, 7) is 4.93. The highest BCUT2D eigenvalue weighted by Crippen LogP contribution is 2.25. The topological polar surface area (TPSA) is 37.4 Å². The highest BCUT2D eigenvalue weighted by atomic mass is 16.5. The van der Waals surface area contributed by atoms with E-state index in [-0.39, 0.29) is 0 Å². The highest BCUT2D eigenvalue weighted by Gasteiger charge is 2.04. The Bertz CT molecular complexity index is 598. The molecule has 4 nitrogen and oxygen atoms in total. The van der Waals surface area contributed by atoms with Gasteiger partial charge >= 0.3 is 0 Å². The average molecular weight is 315 g/mol. The van der Waals surface area contributed by atoms with Crippen LogP contribution in [0.1, 0.15) is 32.6 Å². The summed E-state index contributed by atoms with van der Waals surface area (Å²) in [6, 6.07) is 8.21. The van der Waals surface area contributed by atoms with Crippen LogP contribution in [-0.2, 0) is 0 Å². The molecule has 0 spiro atoms. The lowest BCUT2D eigenvalue weighted by atomic mass is 10.1. The molecule has 126 valence electrons. The quantitative estimate of drug-likeness (QED) is 0.668. The average Bonchev–Trinajstić information content (AvgIpc) is 2.54. The normalized spacial score (nSPS) is 11.1. The Morgan fingerprint density at radius 3 is 2.78 bits per heavy atom. The van der Waals surface area contributed by atoms with E-state index in [0.29, 0.717) is 0 Å². The molecule has 0 saturated heterocycles. The molecule has 0 aliphatic carbocycles. The zero-order valence-electron chi connectivity index (χ0n) is 14.6. The Labute approximate surface area is 139 Å². The van der Waals surface area contributed by atoms with E-state index in [2.05, 4.69) is 42.3 Å². The van der Waals surface area contributed by atoms with Crippen LogP contribution in [0.5, 0.6) is 5.75 Å². The third kappa shape index (κ3) is 5.71. The third-order valence-electron chi connectivity index (χ3n) is 3.86. The molecule has 0 saturated carbocycles. The van der Waals surface area contributed by atoms with Crippen LogP contribution in [0.2, 0.25) is 0 Å². The van der Waals surface area contributed by atoms with Gasteiger partial charge < -0.3 is 15.0 Å². The van der Waals surface area contributed by atoms with Gasteiger partial charge in [-0.3, -0.25) is 4.98 Å². The first-order valence-electron chi connectivity index (χ1n) is 8.61. The summed E-state index contributed by atoms with van der Waals surface area (Å²) in [6.07, 6.45) is 6.74. The summed E-state index contributed by atoms with van der Waals surface area (Å²) >= 11 is 0. The van der Waals surface area contributed by atoms with Gasteiger partial charge in [0.2, 0.25) is 0 Å². The molecule has 2 aromatic rings. The largest absolute Gasteiger partial charge is 0.494 e. The molecule has 0 amide bonds. The van der Waals surface area contributed by atoms with Gasteiger partial charge in [-0.2, -0.15) is 0 Å². The fourth-order valence-corrected chi connectivity index (χ4v) is 2.50. The summed E-state index contributed by atoms with van der Waals surface area (Å²) in [5.74, 6) is 0.909. The molecule has 23 heavy (non-hydrogen) atoms. The van der Waals surface area contributed by atoms with Gasteiger partial charge in [0.15, 0.2) is 0 Å². The van der Waals surface area contributed by atoms with Crippen molar-refractivity contribution in [1.29, 1.82) is 0 Å². The van der Waals surface area contributed by atoms with E-state index < -0.39 is 0 Å². The molecule has 1 aromatic carbocycles. The zero-order valence-corrected chi connectivity index (χ0v) is 14.6. The molecule has 4 heteroatoms. The first-order chi connectivity index (χ1) is 11.2. The summed E-state index contributed by atoms with van der Waals surface area (Å²) in [7, 11) is 4.16. The van der Waals surface area contributed by atoms with Gasteiger partial charge in [-0.25, -0.2) is 0 Å². The van der Waals surface area contributed by atoms with Crippen molar-refractivity contribution >= 4 is 16.6 Å². The van der Waals surface area contributed by atoms with Gasteiger partial charge in [-0.1, -0.05) is 26.2 Å². The van der Waals surface area contributed by atoms with Gasteiger partial charge in [0.1, 0.15) is 5.75 Å². The lowest BCUT2D eigenvalue weighted by Crippen LogP contribution is -2.20. The summed E-state index contributed by atoms with van der Waals surface area (Å²) in [4.78, 5) is 6.64. The van der Waals surface area contributed by atoms with Crippen molar-refractivity contribution in [1.82, 2.24) is 9.88 Å². The maximum atomic E-state index is 5.85. The lowest BCUT2D eigenvalue weighted by Gasteiger charge is -2.13. The van der Waals surface area contributed by atoms with Crippen molar-refractivity contribution < 1.29 is 4.74 Å². The maximum Gasteiger partial charge on any atom is 0.121 e. The van der Waals surface area contributed by atoms with E-state index >= 15 is 0 Å². The smallest absolute Gasteiger partial charge is 0.121 e. The summed E-state index contributed by atoms with van der Waals surface area (Å²) in [5, 5.41) is 4.63. The Morgan fingerprint density at radius 2 is 2.00 bits per heavy atom. The minimum Gasteiger partial charge on any atom is -0.494 e. The number of likely N-dealkylation sites (N-methyl/N-ethyl adjacent to an activating group) is 1. The minimum absolute atomic E-state index is 0.784.